The van der Waals surface area contributed by atoms with E-state index in [1.165, 1.54) is 11.3 Å². The summed E-state index contributed by atoms with van der Waals surface area (Å²) in [6.07, 6.45) is 6.25. The largest absolute Gasteiger partial charge is 0.337 e. The number of carbonyl (C=O) groups excluding carboxylic acids is 1. The van der Waals surface area contributed by atoms with Gasteiger partial charge < -0.3 is 4.57 Å². The zero-order chi connectivity index (χ0) is 20.4. The molecular formula is C22H22Cl2N4OS. The van der Waals surface area contributed by atoms with Crippen LogP contribution in [-0.4, -0.2) is 27.0 Å². The van der Waals surface area contributed by atoms with Crippen LogP contribution >= 0.6 is 35.3 Å². The molecule has 0 aliphatic carbocycles. The number of hydrogen-bond acceptors (Lipinski definition) is 4. The molecule has 0 radical (unpaired) electrons. The van der Waals surface area contributed by atoms with Gasteiger partial charge in [0.15, 0.2) is 5.13 Å². The fourth-order valence-corrected chi connectivity index (χ4v) is 4.51. The lowest BCUT2D eigenvalue weighted by atomic mass is 10.1. The molecule has 0 bridgehead atoms. The second-order valence-corrected chi connectivity index (χ2v) is 8.40. The molecule has 0 unspecified atom stereocenters. The summed E-state index contributed by atoms with van der Waals surface area (Å²) in [5, 5.41) is 1.34. The molecule has 30 heavy (non-hydrogen) atoms. The minimum absolute atomic E-state index is 0. The number of imidazole rings is 1. The molecule has 0 fully saturated rings. The lowest BCUT2D eigenvalue weighted by Gasteiger charge is -2.20. The van der Waals surface area contributed by atoms with Crippen LogP contribution in [0.4, 0.5) is 5.13 Å². The Hall–Kier alpha value is -2.41. The van der Waals surface area contributed by atoms with Crippen molar-refractivity contribution >= 4 is 56.6 Å². The Morgan fingerprint density at radius 2 is 1.93 bits per heavy atom. The fourth-order valence-electron chi connectivity index (χ4n) is 3.17. The number of carbonyl (C=O) groups is 1. The summed E-state index contributed by atoms with van der Waals surface area (Å²) in [7, 11) is 0. The quantitative estimate of drug-likeness (QED) is 0.358. The number of rotatable bonds is 6. The van der Waals surface area contributed by atoms with E-state index in [9.17, 15) is 4.79 Å². The molecule has 0 spiro atoms. The molecule has 2 heterocycles. The first-order valence-corrected chi connectivity index (χ1v) is 10.6. The van der Waals surface area contributed by atoms with Crippen LogP contribution in [0.15, 0.2) is 55.1 Å². The summed E-state index contributed by atoms with van der Waals surface area (Å²) < 4.78 is 2.92. The van der Waals surface area contributed by atoms with Gasteiger partial charge >= 0.3 is 0 Å². The third-order valence-corrected chi connectivity index (χ3v) is 6.36. The molecule has 0 aliphatic heterocycles. The van der Waals surface area contributed by atoms with Crippen molar-refractivity contribution in [2.75, 3.05) is 11.4 Å². The van der Waals surface area contributed by atoms with Crippen molar-refractivity contribution in [3.8, 4) is 0 Å². The van der Waals surface area contributed by atoms with Crippen molar-refractivity contribution in [3.05, 3.63) is 76.8 Å². The molecule has 1 amide bonds. The van der Waals surface area contributed by atoms with Crippen molar-refractivity contribution in [1.29, 1.82) is 0 Å². The zero-order valence-electron chi connectivity index (χ0n) is 16.7. The van der Waals surface area contributed by atoms with Gasteiger partial charge in [-0.25, -0.2) is 9.97 Å². The van der Waals surface area contributed by atoms with E-state index in [1.54, 1.807) is 17.4 Å². The number of hydrogen-bond donors (Lipinski definition) is 0. The summed E-state index contributed by atoms with van der Waals surface area (Å²) in [6, 6.07) is 11.5. The Bertz CT molecular complexity index is 1100. The van der Waals surface area contributed by atoms with E-state index < -0.39 is 0 Å². The van der Waals surface area contributed by atoms with E-state index in [1.807, 2.05) is 61.0 Å². The standard InChI is InChI=1S/C22H21ClN4OS.ClH/c1-15-4-7-17(8-5-15)21(28)27(12-3-11-26-13-10-24-14-26)22-25-19-16(2)6-9-18(23)20(19)29-22;/h4-10,13-14H,3,11-12H2,1-2H3;1H. The molecule has 4 aromatic rings. The lowest BCUT2D eigenvalue weighted by Crippen LogP contribution is -2.32. The number of halogens is 2. The molecule has 0 N–H and O–H groups in total. The first-order chi connectivity index (χ1) is 14.0. The molecule has 2 aromatic heterocycles. The van der Waals surface area contributed by atoms with E-state index in [2.05, 4.69) is 4.98 Å². The minimum atomic E-state index is -0.0523. The number of aromatic nitrogens is 3. The van der Waals surface area contributed by atoms with Crippen LogP contribution in [0.5, 0.6) is 0 Å². The number of aryl methyl sites for hydroxylation is 3. The van der Waals surface area contributed by atoms with Crippen LogP contribution in [0.2, 0.25) is 5.02 Å². The maximum atomic E-state index is 13.3. The number of benzene rings is 2. The molecule has 8 heteroatoms. The van der Waals surface area contributed by atoms with Crippen molar-refractivity contribution in [1.82, 2.24) is 14.5 Å². The smallest absolute Gasteiger partial charge is 0.260 e. The first-order valence-electron chi connectivity index (χ1n) is 9.43. The van der Waals surface area contributed by atoms with Gasteiger partial charge in [-0.15, -0.1) is 12.4 Å². The average molecular weight is 461 g/mol. The Morgan fingerprint density at radius 1 is 1.17 bits per heavy atom. The normalized spacial score (nSPS) is 10.8. The summed E-state index contributed by atoms with van der Waals surface area (Å²) in [4.78, 5) is 23.9. The molecule has 2 aromatic carbocycles. The van der Waals surface area contributed by atoms with Crippen molar-refractivity contribution < 1.29 is 4.79 Å². The maximum absolute atomic E-state index is 13.3. The predicted octanol–water partition coefficient (Wildman–Crippen LogP) is 5.92. The molecule has 0 atom stereocenters. The predicted molar refractivity (Wildman–Crippen MR) is 126 cm³/mol. The van der Waals surface area contributed by atoms with Crippen molar-refractivity contribution in [3.63, 3.8) is 0 Å². The van der Waals surface area contributed by atoms with Gasteiger partial charge in [-0.05, 0) is 44.0 Å². The second kappa shape index (κ2) is 9.60. The summed E-state index contributed by atoms with van der Waals surface area (Å²) in [6.45, 7) is 5.35. The van der Waals surface area contributed by atoms with Gasteiger partial charge in [0, 0.05) is 31.0 Å². The number of anilines is 1. The third kappa shape index (κ3) is 4.67. The van der Waals surface area contributed by atoms with E-state index in [0.29, 0.717) is 22.3 Å². The van der Waals surface area contributed by atoms with Gasteiger partial charge in [0.2, 0.25) is 0 Å². The Kier molecular flexibility index (Phi) is 7.13. The van der Waals surface area contributed by atoms with Crippen LogP contribution in [0.3, 0.4) is 0 Å². The fraction of sp³-hybridized carbons (Fsp3) is 0.227. The highest BCUT2D eigenvalue weighted by atomic mass is 35.5. The van der Waals surface area contributed by atoms with Gasteiger partial charge in [-0.2, -0.15) is 0 Å². The summed E-state index contributed by atoms with van der Waals surface area (Å²) >= 11 is 7.85. The van der Waals surface area contributed by atoms with Crippen LogP contribution < -0.4 is 4.90 Å². The molecule has 4 rings (SSSR count). The topological polar surface area (TPSA) is 51.0 Å². The zero-order valence-corrected chi connectivity index (χ0v) is 19.1. The van der Waals surface area contributed by atoms with E-state index >= 15 is 0 Å². The molecule has 156 valence electrons. The highest BCUT2D eigenvalue weighted by molar-refractivity contribution is 7.23. The SMILES string of the molecule is Cc1ccc(C(=O)N(CCCn2ccnc2)c2nc3c(C)ccc(Cl)c3s2)cc1.Cl. The number of nitrogens with zero attached hydrogens (tertiary/aromatic N) is 4. The van der Waals surface area contributed by atoms with Crippen LogP contribution in [0, 0.1) is 13.8 Å². The number of thiazole rings is 1. The highest BCUT2D eigenvalue weighted by Crippen LogP contribution is 2.36. The molecular weight excluding hydrogens is 439 g/mol. The van der Waals surface area contributed by atoms with E-state index in [4.69, 9.17) is 16.6 Å². The molecule has 0 aliphatic rings. The number of fused-ring (bicyclic) bond motifs is 1. The highest BCUT2D eigenvalue weighted by Gasteiger charge is 2.22. The molecule has 0 saturated carbocycles. The van der Waals surface area contributed by atoms with E-state index in [0.717, 1.165) is 34.3 Å². The summed E-state index contributed by atoms with van der Waals surface area (Å²) in [5.41, 5.74) is 3.68. The lowest BCUT2D eigenvalue weighted by molar-refractivity contribution is 0.0986. The van der Waals surface area contributed by atoms with Gasteiger partial charge in [0.25, 0.3) is 5.91 Å². The third-order valence-electron chi connectivity index (χ3n) is 4.82. The Labute approximate surface area is 190 Å². The summed E-state index contributed by atoms with van der Waals surface area (Å²) in [5.74, 6) is -0.0523. The second-order valence-electron chi connectivity index (χ2n) is 7.02. The van der Waals surface area contributed by atoms with Crippen LogP contribution in [-0.2, 0) is 6.54 Å². The Balaban J connectivity index is 0.00000256. The molecule has 5 nitrogen and oxygen atoms in total. The Morgan fingerprint density at radius 3 is 2.60 bits per heavy atom. The van der Waals surface area contributed by atoms with Crippen molar-refractivity contribution in [2.45, 2.75) is 26.8 Å². The van der Waals surface area contributed by atoms with Crippen LogP contribution in [0.1, 0.15) is 27.9 Å². The average Bonchev–Trinajstić information content (AvgIpc) is 3.39. The minimum Gasteiger partial charge on any atom is -0.337 e. The van der Waals surface area contributed by atoms with Gasteiger partial charge in [0.05, 0.1) is 21.6 Å². The number of amides is 1. The van der Waals surface area contributed by atoms with Gasteiger partial charge in [-0.3, -0.25) is 9.69 Å². The van der Waals surface area contributed by atoms with Crippen molar-refractivity contribution in [2.24, 2.45) is 0 Å². The van der Waals surface area contributed by atoms with Gasteiger partial charge in [-0.1, -0.05) is 46.7 Å². The van der Waals surface area contributed by atoms with E-state index in [-0.39, 0.29) is 18.3 Å². The monoisotopic (exact) mass is 460 g/mol. The first kappa shape index (κ1) is 22.3. The van der Waals surface area contributed by atoms with Gasteiger partial charge in [0.1, 0.15) is 0 Å². The molecule has 0 saturated heterocycles. The van der Waals surface area contributed by atoms with Crippen LogP contribution in [0.25, 0.3) is 10.2 Å². The maximum Gasteiger partial charge on any atom is 0.260 e.